The molecule has 1 nitrogen and oxygen atoms in total. The van der Waals surface area contributed by atoms with Crippen molar-refractivity contribution in [1.82, 2.24) is 4.98 Å². The third kappa shape index (κ3) is 4.78. The fourth-order valence-electron chi connectivity index (χ4n) is 0.383. The van der Waals surface area contributed by atoms with E-state index in [2.05, 4.69) is 4.98 Å². The van der Waals surface area contributed by atoms with Gasteiger partial charge in [-0.05, 0) is 12.1 Å². The number of rotatable bonds is 0. The van der Waals surface area contributed by atoms with Gasteiger partial charge in [-0.3, -0.25) is 0 Å². The first-order chi connectivity index (χ1) is 3.79. The zero-order valence-electron chi connectivity index (χ0n) is 5.31. The summed E-state index contributed by atoms with van der Waals surface area (Å²) in [5.41, 5.74) is 0. The summed E-state index contributed by atoms with van der Waals surface area (Å²) in [5, 5.41) is 0.856. The minimum absolute atomic E-state index is 0. The first-order valence-electron chi connectivity index (χ1n) is 2.07. The maximum atomic E-state index is 5.45. The molecule has 0 spiro atoms. The summed E-state index contributed by atoms with van der Waals surface area (Å²) in [4.78, 5) is 3.70. The molecule has 1 heterocycles. The molecule has 0 bridgehead atoms. The molecule has 1 aromatic rings. The summed E-state index contributed by atoms with van der Waals surface area (Å²) in [6.45, 7) is 0. The standard InChI is InChI=1S/C5H3Cl2N.ClH.Na/c6-4-2-1-3-5(7)8-4;;/h1-3H;1H;/q;;+1/p-1. The third-order valence-electron chi connectivity index (χ3n) is 0.681. The summed E-state index contributed by atoms with van der Waals surface area (Å²) >= 11 is 10.9. The number of hydrogen-bond donors (Lipinski definition) is 0. The Morgan fingerprint density at radius 1 is 1.10 bits per heavy atom. The molecule has 0 saturated heterocycles. The van der Waals surface area contributed by atoms with E-state index in [4.69, 9.17) is 23.2 Å². The van der Waals surface area contributed by atoms with Crippen LogP contribution in [0.3, 0.4) is 0 Å². The Hall–Kier alpha value is 1.02. The van der Waals surface area contributed by atoms with Gasteiger partial charge in [0.2, 0.25) is 0 Å². The predicted octanol–water partition coefficient (Wildman–Crippen LogP) is -3.60. The van der Waals surface area contributed by atoms with Crippen molar-refractivity contribution in [3.05, 3.63) is 28.5 Å². The molecule has 0 N–H and O–H groups in total. The Balaban J connectivity index is 0. The summed E-state index contributed by atoms with van der Waals surface area (Å²) in [6.07, 6.45) is 0. The van der Waals surface area contributed by atoms with Crippen LogP contribution in [-0.2, 0) is 0 Å². The fourth-order valence-corrected chi connectivity index (χ4v) is 0.754. The number of hydrogen-bond acceptors (Lipinski definition) is 1. The second-order valence-corrected chi connectivity index (χ2v) is 2.06. The predicted molar refractivity (Wildman–Crippen MR) is 34.3 cm³/mol. The number of pyridine rings is 1. The first kappa shape index (κ1) is 13.6. The molecule has 10 heavy (non-hydrogen) atoms. The van der Waals surface area contributed by atoms with E-state index < -0.39 is 0 Å². The van der Waals surface area contributed by atoms with E-state index in [9.17, 15) is 0 Å². The number of halogens is 3. The van der Waals surface area contributed by atoms with E-state index in [1.54, 1.807) is 18.2 Å². The summed E-state index contributed by atoms with van der Waals surface area (Å²) in [7, 11) is 0. The van der Waals surface area contributed by atoms with Crippen LogP contribution >= 0.6 is 23.2 Å². The number of aromatic nitrogens is 1. The molecule has 0 radical (unpaired) electrons. The van der Waals surface area contributed by atoms with Gasteiger partial charge in [0.05, 0.1) is 0 Å². The van der Waals surface area contributed by atoms with Crippen LogP contribution in [0.1, 0.15) is 0 Å². The minimum atomic E-state index is 0. The van der Waals surface area contributed by atoms with E-state index in [1.807, 2.05) is 0 Å². The van der Waals surface area contributed by atoms with Gasteiger partial charge >= 0.3 is 29.6 Å². The maximum absolute atomic E-state index is 5.45. The van der Waals surface area contributed by atoms with Crippen LogP contribution in [0, 0.1) is 0 Å². The van der Waals surface area contributed by atoms with Crippen molar-refractivity contribution in [3.63, 3.8) is 0 Å². The smallest absolute Gasteiger partial charge is 1.00 e. The minimum Gasteiger partial charge on any atom is -1.00 e. The Morgan fingerprint density at radius 2 is 1.50 bits per heavy atom. The molecule has 5 heteroatoms. The number of nitrogens with zero attached hydrogens (tertiary/aromatic N) is 1. The summed E-state index contributed by atoms with van der Waals surface area (Å²) in [5.74, 6) is 0. The van der Waals surface area contributed by atoms with Crippen LogP contribution in [0.15, 0.2) is 18.2 Å². The molecule has 0 aliphatic heterocycles. The molecular formula is C5H3Cl3NNa. The van der Waals surface area contributed by atoms with Gasteiger partial charge in [-0.1, -0.05) is 29.3 Å². The van der Waals surface area contributed by atoms with Crippen molar-refractivity contribution >= 4 is 23.2 Å². The summed E-state index contributed by atoms with van der Waals surface area (Å²) < 4.78 is 0. The SMILES string of the molecule is Clc1cccc(Cl)n1.[Cl-].[Na+]. The van der Waals surface area contributed by atoms with Crippen LogP contribution in [0.5, 0.6) is 0 Å². The Labute approximate surface area is 97.8 Å². The van der Waals surface area contributed by atoms with Crippen molar-refractivity contribution in [2.45, 2.75) is 0 Å². The van der Waals surface area contributed by atoms with E-state index in [0.29, 0.717) is 10.3 Å². The quantitative estimate of drug-likeness (QED) is 0.316. The largest absolute Gasteiger partial charge is 1.00 e. The Kier molecular flexibility index (Phi) is 9.13. The van der Waals surface area contributed by atoms with Crippen LogP contribution in [0.2, 0.25) is 10.3 Å². The second kappa shape index (κ2) is 6.71. The van der Waals surface area contributed by atoms with Crippen LogP contribution < -0.4 is 42.0 Å². The monoisotopic (exact) mass is 205 g/mol. The van der Waals surface area contributed by atoms with Gasteiger partial charge in [0.15, 0.2) is 0 Å². The average molecular weight is 206 g/mol. The van der Waals surface area contributed by atoms with Gasteiger partial charge in [-0.15, -0.1) is 0 Å². The molecule has 0 aromatic carbocycles. The van der Waals surface area contributed by atoms with Gasteiger partial charge in [-0.25, -0.2) is 4.98 Å². The van der Waals surface area contributed by atoms with Crippen molar-refractivity contribution in [2.75, 3.05) is 0 Å². The van der Waals surface area contributed by atoms with Crippen molar-refractivity contribution in [1.29, 1.82) is 0 Å². The Morgan fingerprint density at radius 3 is 1.70 bits per heavy atom. The molecule has 1 aromatic heterocycles. The average Bonchev–Trinajstić information content (AvgIpc) is 1.64. The molecule has 0 amide bonds. The summed E-state index contributed by atoms with van der Waals surface area (Å²) in [6, 6.07) is 5.10. The normalized spacial score (nSPS) is 7.40. The van der Waals surface area contributed by atoms with Crippen molar-refractivity contribution in [3.8, 4) is 0 Å². The zero-order chi connectivity index (χ0) is 5.98. The van der Waals surface area contributed by atoms with Crippen LogP contribution in [0.4, 0.5) is 0 Å². The van der Waals surface area contributed by atoms with Crippen molar-refractivity contribution < 1.29 is 42.0 Å². The van der Waals surface area contributed by atoms with Crippen LogP contribution in [0.25, 0.3) is 0 Å². The van der Waals surface area contributed by atoms with Gasteiger partial charge in [0, 0.05) is 0 Å². The van der Waals surface area contributed by atoms with Crippen LogP contribution in [-0.4, -0.2) is 4.98 Å². The first-order valence-corrected chi connectivity index (χ1v) is 2.83. The molecule has 0 saturated carbocycles. The van der Waals surface area contributed by atoms with Gasteiger partial charge in [0.1, 0.15) is 10.3 Å². The Bertz CT molecular complexity index is 177. The molecular weight excluding hydrogens is 203 g/mol. The molecule has 0 aliphatic rings. The van der Waals surface area contributed by atoms with E-state index in [1.165, 1.54) is 0 Å². The van der Waals surface area contributed by atoms with Gasteiger partial charge < -0.3 is 12.4 Å². The molecule has 0 fully saturated rings. The molecule has 0 unspecified atom stereocenters. The second-order valence-electron chi connectivity index (χ2n) is 1.28. The van der Waals surface area contributed by atoms with Gasteiger partial charge in [-0.2, -0.15) is 0 Å². The topological polar surface area (TPSA) is 12.9 Å². The van der Waals surface area contributed by atoms with Crippen molar-refractivity contribution in [2.24, 2.45) is 0 Å². The molecule has 50 valence electrons. The van der Waals surface area contributed by atoms with E-state index in [-0.39, 0.29) is 42.0 Å². The molecule has 0 atom stereocenters. The fraction of sp³-hybridized carbons (Fsp3) is 0. The van der Waals surface area contributed by atoms with E-state index in [0.717, 1.165) is 0 Å². The molecule has 0 aliphatic carbocycles. The maximum Gasteiger partial charge on any atom is 1.00 e. The van der Waals surface area contributed by atoms with E-state index >= 15 is 0 Å². The third-order valence-corrected chi connectivity index (χ3v) is 1.10. The van der Waals surface area contributed by atoms with Gasteiger partial charge in [0.25, 0.3) is 0 Å². The molecule has 1 rings (SSSR count). The zero-order valence-corrected chi connectivity index (χ0v) is 9.58.